The summed E-state index contributed by atoms with van der Waals surface area (Å²) in [6.45, 7) is 7.36. The van der Waals surface area contributed by atoms with Crippen molar-refractivity contribution in [3.05, 3.63) is 52.0 Å². The van der Waals surface area contributed by atoms with E-state index in [4.69, 9.17) is 0 Å². The van der Waals surface area contributed by atoms with Crippen LogP contribution in [0.2, 0.25) is 0 Å². The Morgan fingerprint density at radius 2 is 1.95 bits per heavy atom. The van der Waals surface area contributed by atoms with Gasteiger partial charge >= 0.3 is 6.03 Å². The number of hydrogen-bond acceptors (Lipinski definition) is 3. The van der Waals surface area contributed by atoms with Gasteiger partial charge in [-0.25, -0.2) is 9.78 Å². The normalized spacial score (nSPS) is 11.2. The number of nitrogens with zero attached hydrogens (tertiary/aromatic N) is 1. The zero-order chi connectivity index (χ0) is 15.3. The Labute approximate surface area is 129 Å². The molecule has 2 N–H and O–H groups in total. The molecule has 0 aliphatic carbocycles. The fourth-order valence-corrected chi connectivity index (χ4v) is 2.52. The van der Waals surface area contributed by atoms with Crippen molar-refractivity contribution in [1.82, 2.24) is 15.6 Å². The van der Waals surface area contributed by atoms with E-state index in [1.54, 1.807) is 5.51 Å². The summed E-state index contributed by atoms with van der Waals surface area (Å²) >= 11 is 1.52. The van der Waals surface area contributed by atoms with Crippen molar-refractivity contribution in [3.63, 3.8) is 0 Å². The van der Waals surface area contributed by atoms with Gasteiger partial charge in [-0.2, -0.15) is 0 Å². The molecule has 1 aromatic carbocycles. The number of aryl methyl sites for hydroxylation is 1. The van der Waals surface area contributed by atoms with Crippen LogP contribution in [0.1, 0.15) is 30.7 Å². The number of amides is 2. The molecule has 0 fully saturated rings. The lowest BCUT2D eigenvalue weighted by Crippen LogP contribution is -2.42. The molecule has 0 unspecified atom stereocenters. The van der Waals surface area contributed by atoms with Crippen LogP contribution in [0.5, 0.6) is 0 Å². The number of aromatic nitrogens is 1. The van der Waals surface area contributed by atoms with Gasteiger partial charge in [0.1, 0.15) is 0 Å². The Morgan fingerprint density at radius 1 is 1.24 bits per heavy atom. The predicted molar refractivity (Wildman–Crippen MR) is 86.6 cm³/mol. The number of nitrogens with one attached hydrogen (secondary N) is 2. The van der Waals surface area contributed by atoms with Gasteiger partial charge in [0.15, 0.2) is 0 Å². The molecule has 4 nitrogen and oxygen atoms in total. The van der Waals surface area contributed by atoms with E-state index in [0.29, 0.717) is 13.1 Å². The molecule has 0 aliphatic rings. The third-order valence-electron chi connectivity index (χ3n) is 3.44. The fraction of sp³-hybridized carbons (Fsp3) is 0.375. The monoisotopic (exact) mass is 303 g/mol. The SMILES string of the molecule is Cc1ccc(C(C)(C)CNC(=O)NCc2cscn2)cc1. The number of carbonyl (C=O) groups excluding carboxylic acids is 1. The van der Waals surface area contributed by atoms with Crippen molar-refractivity contribution >= 4 is 17.4 Å². The van der Waals surface area contributed by atoms with Crippen molar-refractivity contribution in [1.29, 1.82) is 0 Å². The van der Waals surface area contributed by atoms with Gasteiger partial charge in [-0.15, -0.1) is 11.3 Å². The maximum absolute atomic E-state index is 11.8. The fourth-order valence-electron chi connectivity index (χ4n) is 1.97. The van der Waals surface area contributed by atoms with E-state index >= 15 is 0 Å². The van der Waals surface area contributed by atoms with E-state index in [1.807, 2.05) is 5.38 Å². The van der Waals surface area contributed by atoms with Gasteiger partial charge < -0.3 is 10.6 Å². The zero-order valence-electron chi connectivity index (χ0n) is 12.6. The lowest BCUT2D eigenvalue weighted by atomic mass is 9.84. The van der Waals surface area contributed by atoms with E-state index in [-0.39, 0.29) is 11.4 Å². The van der Waals surface area contributed by atoms with Gasteiger partial charge in [-0.3, -0.25) is 0 Å². The minimum atomic E-state index is -0.164. The predicted octanol–water partition coefficient (Wildman–Crippen LogP) is 3.23. The first-order valence-corrected chi connectivity index (χ1v) is 7.87. The molecular weight excluding hydrogens is 282 g/mol. The lowest BCUT2D eigenvalue weighted by Gasteiger charge is -2.25. The molecule has 2 aromatic rings. The molecule has 0 saturated heterocycles. The highest BCUT2D eigenvalue weighted by atomic mass is 32.1. The summed E-state index contributed by atoms with van der Waals surface area (Å²) in [7, 11) is 0. The molecule has 5 heteroatoms. The summed E-state index contributed by atoms with van der Waals surface area (Å²) in [6, 6.07) is 8.26. The maximum Gasteiger partial charge on any atom is 0.315 e. The van der Waals surface area contributed by atoms with Crippen LogP contribution in [0.4, 0.5) is 4.79 Å². The standard InChI is InChI=1S/C16H21N3OS/c1-12-4-6-13(7-5-12)16(2,3)10-18-15(20)17-8-14-9-21-11-19-14/h4-7,9,11H,8,10H2,1-3H3,(H2,17,18,20). The number of carbonyl (C=O) groups is 1. The van der Waals surface area contributed by atoms with Crippen LogP contribution >= 0.6 is 11.3 Å². The molecule has 0 aliphatic heterocycles. The number of hydrogen-bond donors (Lipinski definition) is 2. The Bertz CT molecular complexity index is 576. The molecular formula is C16H21N3OS. The van der Waals surface area contributed by atoms with Crippen molar-refractivity contribution in [3.8, 4) is 0 Å². The van der Waals surface area contributed by atoms with Crippen molar-refractivity contribution in [2.45, 2.75) is 32.7 Å². The summed E-state index contributed by atoms with van der Waals surface area (Å²) in [6.07, 6.45) is 0. The minimum absolute atomic E-state index is 0.105. The Hall–Kier alpha value is -1.88. The largest absolute Gasteiger partial charge is 0.337 e. The molecule has 0 atom stereocenters. The average molecular weight is 303 g/mol. The summed E-state index contributed by atoms with van der Waals surface area (Å²) in [4.78, 5) is 16.0. The third kappa shape index (κ3) is 4.56. The lowest BCUT2D eigenvalue weighted by molar-refractivity contribution is 0.238. The molecule has 0 spiro atoms. The van der Waals surface area contributed by atoms with Crippen LogP contribution in [-0.4, -0.2) is 17.6 Å². The topological polar surface area (TPSA) is 54.0 Å². The van der Waals surface area contributed by atoms with E-state index < -0.39 is 0 Å². The molecule has 1 aromatic heterocycles. The quantitative estimate of drug-likeness (QED) is 0.891. The van der Waals surface area contributed by atoms with Gasteiger partial charge in [0, 0.05) is 17.3 Å². The number of rotatable bonds is 5. The number of urea groups is 1. The van der Waals surface area contributed by atoms with Crippen LogP contribution in [0.25, 0.3) is 0 Å². The van der Waals surface area contributed by atoms with Gasteiger partial charge in [0.2, 0.25) is 0 Å². The first-order chi connectivity index (χ1) is 9.97. The summed E-state index contributed by atoms with van der Waals surface area (Å²) in [5.41, 5.74) is 4.99. The minimum Gasteiger partial charge on any atom is -0.337 e. The van der Waals surface area contributed by atoms with E-state index in [1.165, 1.54) is 22.5 Å². The highest BCUT2D eigenvalue weighted by molar-refractivity contribution is 7.07. The molecule has 1 heterocycles. The Balaban J connectivity index is 1.83. The van der Waals surface area contributed by atoms with Gasteiger partial charge in [0.25, 0.3) is 0 Å². The number of benzene rings is 1. The average Bonchev–Trinajstić information content (AvgIpc) is 2.97. The van der Waals surface area contributed by atoms with E-state index in [9.17, 15) is 4.79 Å². The van der Waals surface area contributed by atoms with Crippen LogP contribution in [-0.2, 0) is 12.0 Å². The molecule has 112 valence electrons. The van der Waals surface area contributed by atoms with Crippen LogP contribution in [0.3, 0.4) is 0 Å². The van der Waals surface area contributed by atoms with Crippen molar-refractivity contribution < 1.29 is 4.79 Å². The third-order valence-corrected chi connectivity index (χ3v) is 4.07. The first kappa shape index (κ1) is 15.5. The second kappa shape index (κ2) is 6.72. The molecule has 2 amide bonds. The van der Waals surface area contributed by atoms with Gasteiger partial charge in [0.05, 0.1) is 17.7 Å². The van der Waals surface area contributed by atoms with Crippen LogP contribution in [0.15, 0.2) is 35.2 Å². The molecule has 0 saturated carbocycles. The molecule has 2 rings (SSSR count). The second-order valence-corrected chi connectivity index (χ2v) is 6.48. The van der Waals surface area contributed by atoms with E-state index in [0.717, 1.165) is 5.69 Å². The summed E-state index contributed by atoms with van der Waals surface area (Å²) in [5, 5.41) is 7.66. The van der Waals surface area contributed by atoms with Gasteiger partial charge in [-0.1, -0.05) is 43.7 Å². The highest BCUT2D eigenvalue weighted by Gasteiger charge is 2.21. The Kier molecular flexibility index (Phi) is 4.96. The highest BCUT2D eigenvalue weighted by Crippen LogP contribution is 2.22. The van der Waals surface area contributed by atoms with Gasteiger partial charge in [-0.05, 0) is 12.5 Å². The molecule has 21 heavy (non-hydrogen) atoms. The second-order valence-electron chi connectivity index (χ2n) is 5.77. The molecule has 0 bridgehead atoms. The maximum atomic E-state index is 11.8. The first-order valence-electron chi connectivity index (χ1n) is 6.93. The van der Waals surface area contributed by atoms with Crippen LogP contribution in [0, 0.1) is 6.92 Å². The van der Waals surface area contributed by atoms with Crippen LogP contribution < -0.4 is 10.6 Å². The Morgan fingerprint density at radius 3 is 2.57 bits per heavy atom. The smallest absolute Gasteiger partial charge is 0.315 e. The van der Waals surface area contributed by atoms with E-state index in [2.05, 4.69) is 60.7 Å². The summed E-state index contributed by atoms with van der Waals surface area (Å²) in [5.74, 6) is 0. The van der Waals surface area contributed by atoms with Crippen molar-refractivity contribution in [2.75, 3.05) is 6.54 Å². The molecule has 0 radical (unpaired) electrons. The number of thiazole rings is 1. The van der Waals surface area contributed by atoms with Crippen molar-refractivity contribution in [2.24, 2.45) is 0 Å². The summed E-state index contributed by atoms with van der Waals surface area (Å²) < 4.78 is 0. The zero-order valence-corrected chi connectivity index (χ0v) is 13.5.